The number of amides is 2. The lowest BCUT2D eigenvalue weighted by atomic mass is 10.1. The van der Waals surface area contributed by atoms with Crippen LogP contribution in [0.5, 0.6) is 0 Å². The van der Waals surface area contributed by atoms with Gasteiger partial charge in [0.05, 0.1) is 41.2 Å². The van der Waals surface area contributed by atoms with Gasteiger partial charge in [0.25, 0.3) is 0 Å². The van der Waals surface area contributed by atoms with Crippen molar-refractivity contribution in [3.63, 3.8) is 0 Å². The number of hydrogen-bond acceptors (Lipinski definition) is 5. The molecule has 1 saturated heterocycles. The molecule has 2 aromatic rings. The molecule has 0 radical (unpaired) electrons. The van der Waals surface area contributed by atoms with Crippen LogP contribution < -0.4 is 10.2 Å². The summed E-state index contributed by atoms with van der Waals surface area (Å²) in [6.07, 6.45) is 0.687. The maximum absolute atomic E-state index is 12.8. The second kappa shape index (κ2) is 8.11. The Hall–Kier alpha value is -2.09. The van der Waals surface area contributed by atoms with Crippen LogP contribution in [0, 0.1) is 6.92 Å². The van der Waals surface area contributed by atoms with E-state index < -0.39 is 0 Å². The fourth-order valence-corrected chi connectivity index (χ4v) is 3.87. The van der Waals surface area contributed by atoms with Crippen LogP contribution in [0.2, 0.25) is 10.0 Å². The highest BCUT2D eigenvalue weighted by Crippen LogP contribution is 2.31. The second-order valence-corrected chi connectivity index (χ2v) is 7.61. The largest absolute Gasteiger partial charge is 0.378 e. The van der Waals surface area contributed by atoms with Crippen molar-refractivity contribution in [1.82, 2.24) is 14.9 Å². The first kappa shape index (κ1) is 19.2. The van der Waals surface area contributed by atoms with Crippen molar-refractivity contribution in [2.75, 3.05) is 43.1 Å². The van der Waals surface area contributed by atoms with Gasteiger partial charge in [-0.05, 0) is 19.1 Å². The molecule has 9 heteroatoms. The van der Waals surface area contributed by atoms with Crippen molar-refractivity contribution >= 4 is 40.7 Å². The molecule has 0 spiro atoms. The number of carbonyl (C=O) groups is 1. The van der Waals surface area contributed by atoms with Gasteiger partial charge in [0.1, 0.15) is 11.6 Å². The standard InChI is InChI=1S/C19H21Cl2N5O2/c1-12-22-15-5-6-26(19(27)24-16-4-2-3-14(20)17(16)21)11-13(15)18(23-12)25-7-9-28-10-8-25/h2-4H,5-11H2,1H3,(H,24,27). The molecule has 0 atom stereocenters. The zero-order chi connectivity index (χ0) is 19.7. The minimum absolute atomic E-state index is 0.219. The normalized spacial score (nSPS) is 16.7. The lowest BCUT2D eigenvalue weighted by molar-refractivity contribution is 0.122. The molecule has 7 nitrogen and oxygen atoms in total. The number of urea groups is 1. The van der Waals surface area contributed by atoms with Gasteiger partial charge in [-0.3, -0.25) is 0 Å². The Bertz CT molecular complexity index is 902. The van der Waals surface area contributed by atoms with E-state index in [1.807, 2.05) is 6.92 Å². The number of ether oxygens (including phenoxy) is 1. The minimum Gasteiger partial charge on any atom is -0.378 e. The van der Waals surface area contributed by atoms with Gasteiger partial charge in [-0.2, -0.15) is 0 Å². The Kier molecular flexibility index (Phi) is 5.57. The highest BCUT2D eigenvalue weighted by atomic mass is 35.5. The van der Waals surface area contributed by atoms with Crippen LogP contribution >= 0.6 is 23.2 Å². The summed E-state index contributed by atoms with van der Waals surface area (Å²) in [6.45, 7) is 5.86. The van der Waals surface area contributed by atoms with E-state index in [2.05, 4.69) is 20.2 Å². The number of nitrogens with one attached hydrogen (secondary N) is 1. The van der Waals surface area contributed by atoms with Crippen LogP contribution in [0.25, 0.3) is 0 Å². The Morgan fingerprint density at radius 3 is 2.75 bits per heavy atom. The van der Waals surface area contributed by atoms with Crippen molar-refractivity contribution in [3.8, 4) is 0 Å². The van der Waals surface area contributed by atoms with Gasteiger partial charge < -0.3 is 19.9 Å². The number of rotatable bonds is 2. The Morgan fingerprint density at radius 1 is 1.18 bits per heavy atom. The summed E-state index contributed by atoms with van der Waals surface area (Å²) in [7, 11) is 0. The van der Waals surface area contributed by atoms with Gasteiger partial charge in [0, 0.05) is 31.6 Å². The van der Waals surface area contributed by atoms with E-state index in [1.165, 1.54) is 0 Å². The van der Waals surface area contributed by atoms with Crippen molar-refractivity contribution in [1.29, 1.82) is 0 Å². The average Bonchev–Trinajstić information content (AvgIpc) is 2.71. The molecule has 3 heterocycles. The molecule has 2 amide bonds. The Morgan fingerprint density at radius 2 is 1.96 bits per heavy atom. The maximum Gasteiger partial charge on any atom is 0.322 e. The SMILES string of the molecule is Cc1nc2c(c(N3CCOCC3)n1)CN(C(=O)Nc1cccc(Cl)c1Cl)CC2. The first-order chi connectivity index (χ1) is 13.5. The molecule has 4 rings (SSSR count). The van der Waals surface area contributed by atoms with E-state index in [0.717, 1.165) is 36.0 Å². The molecule has 2 aliphatic rings. The third-order valence-electron chi connectivity index (χ3n) is 4.94. The van der Waals surface area contributed by atoms with Gasteiger partial charge in [0.2, 0.25) is 0 Å². The number of hydrogen-bond donors (Lipinski definition) is 1. The zero-order valence-corrected chi connectivity index (χ0v) is 17.1. The molecular weight excluding hydrogens is 401 g/mol. The molecule has 0 unspecified atom stereocenters. The number of morpholine rings is 1. The highest BCUT2D eigenvalue weighted by molar-refractivity contribution is 6.43. The summed E-state index contributed by atoms with van der Waals surface area (Å²) >= 11 is 12.2. The lowest BCUT2D eigenvalue weighted by Gasteiger charge is -2.34. The summed E-state index contributed by atoms with van der Waals surface area (Å²) in [5, 5.41) is 3.60. The number of fused-ring (bicyclic) bond motifs is 1. The number of aromatic nitrogens is 2. The lowest BCUT2D eigenvalue weighted by Crippen LogP contribution is -2.42. The highest BCUT2D eigenvalue weighted by Gasteiger charge is 2.28. The summed E-state index contributed by atoms with van der Waals surface area (Å²) < 4.78 is 5.46. The molecule has 0 bridgehead atoms. The van der Waals surface area contributed by atoms with Gasteiger partial charge in [-0.1, -0.05) is 29.3 Å². The predicted octanol–water partition coefficient (Wildman–Crippen LogP) is 3.52. The number of carbonyl (C=O) groups excluding carboxylic acids is 1. The van der Waals surface area contributed by atoms with Crippen molar-refractivity contribution in [2.24, 2.45) is 0 Å². The molecular formula is C19H21Cl2N5O2. The third kappa shape index (κ3) is 3.87. The smallest absolute Gasteiger partial charge is 0.322 e. The first-order valence-electron chi connectivity index (χ1n) is 9.22. The van der Waals surface area contributed by atoms with Crippen molar-refractivity contribution < 1.29 is 9.53 Å². The quantitative estimate of drug-likeness (QED) is 0.802. The van der Waals surface area contributed by atoms with Crippen molar-refractivity contribution in [2.45, 2.75) is 19.9 Å². The van der Waals surface area contributed by atoms with Crippen LogP contribution in [0.3, 0.4) is 0 Å². The summed E-state index contributed by atoms with van der Waals surface area (Å²) in [4.78, 5) is 26.1. The monoisotopic (exact) mass is 421 g/mol. The average molecular weight is 422 g/mol. The van der Waals surface area contributed by atoms with E-state index in [0.29, 0.717) is 48.5 Å². The zero-order valence-electron chi connectivity index (χ0n) is 15.5. The third-order valence-corrected chi connectivity index (χ3v) is 5.76. The summed E-state index contributed by atoms with van der Waals surface area (Å²) in [5.74, 6) is 1.66. The second-order valence-electron chi connectivity index (χ2n) is 6.82. The molecule has 28 heavy (non-hydrogen) atoms. The van der Waals surface area contributed by atoms with Gasteiger partial charge in [0.15, 0.2) is 0 Å². The first-order valence-corrected chi connectivity index (χ1v) is 9.97. The molecule has 1 aromatic heterocycles. The van der Waals surface area contributed by atoms with E-state index >= 15 is 0 Å². The topological polar surface area (TPSA) is 70.6 Å². The number of nitrogens with zero attached hydrogens (tertiary/aromatic N) is 4. The fourth-order valence-electron chi connectivity index (χ4n) is 3.52. The van der Waals surface area contributed by atoms with Gasteiger partial charge >= 0.3 is 6.03 Å². The summed E-state index contributed by atoms with van der Waals surface area (Å²) in [6, 6.07) is 4.95. The molecule has 148 valence electrons. The van der Waals surface area contributed by atoms with Crippen LogP contribution in [0.15, 0.2) is 18.2 Å². The van der Waals surface area contributed by atoms with Gasteiger partial charge in [-0.15, -0.1) is 0 Å². The molecule has 1 aromatic carbocycles. The van der Waals surface area contributed by atoms with E-state index in [1.54, 1.807) is 23.1 Å². The fraction of sp³-hybridized carbons (Fsp3) is 0.421. The van der Waals surface area contributed by atoms with E-state index in [9.17, 15) is 4.79 Å². The maximum atomic E-state index is 12.8. The van der Waals surface area contributed by atoms with Gasteiger partial charge in [-0.25, -0.2) is 14.8 Å². The summed E-state index contributed by atoms with van der Waals surface area (Å²) in [5.41, 5.74) is 2.52. The van der Waals surface area contributed by atoms with Crippen LogP contribution in [0.1, 0.15) is 17.1 Å². The van der Waals surface area contributed by atoms with Crippen LogP contribution in [0.4, 0.5) is 16.3 Å². The molecule has 0 aliphatic carbocycles. The van der Waals surface area contributed by atoms with Crippen LogP contribution in [-0.2, 0) is 17.7 Å². The predicted molar refractivity (Wildman–Crippen MR) is 109 cm³/mol. The Labute approximate surface area is 173 Å². The van der Waals surface area contributed by atoms with E-state index in [4.69, 9.17) is 27.9 Å². The molecule has 2 aliphatic heterocycles. The van der Waals surface area contributed by atoms with Crippen molar-refractivity contribution in [3.05, 3.63) is 45.3 Å². The molecule has 1 N–H and O–H groups in total. The number of halogens is 2. The minimum atomic E-state index is -0.219. The molecule has 1 fully saturated rings. The molecule has 0 saturated carbocycles. The number of anilines is 2. The number of benzene rings is 1. The van der Waals surface area contributed by atoms with E-state index in [-0.39, 0.29) is 6.03 Å². The van der Waals surface area contributed by atoms with Crippen LogP contribution in [-0.4, -0.2) is 53.7 Å². The number of aryl methyl sites for hydroxylation is 1. The Balaban J connectivity index is 1.56.